The van der Waals surface area contributed by atoms with Crippen LogP contribution >= 0.6 is 0 Å². The van der Waals surface area contributed by atoms with E-state index in [0.717, 1.165) is 22.0 Å². The summed E-state index contributed by atoms with van der Waals surface area (Å²) in [6.45, 7) is 0. The number of benzene rings is 1. The quantitative estimate of drug-likeness (QED) is 0.867. The van der Waals surface area contributed by atoms with Gasteiger partial charge in [0, 0.05) is 6.42 Å². The van der Waals surface area contributed by atoms with Crippen molar-refractivity contribution in [1.29, 1.82) is 0 Å². The van der Waals surface area contributed by atoms with Gasteiger partial charge in [0.05, 0.1) is 25.7 Å². The summed E-state index contributed by atoms with van der Waals surface area (Å²) in [6.07, 6.45) is 3.16. The Labute approximate surface area is 129 Å². The van der Waals surface area contributed by atoms with Gasteiger partial charge in [0.2, 0.25) is 10.0 Å². The first-order valence-electron chi connectivity index (χ1n) is 6.74. The highest BCUT2D eigenvalue weighted by atomic mass is 32.2. The van der Waals surface area contributed by atoms with Crippen LogP contribution in [0.2, 0.25) is 0 Å². The molecule has 1 aliphatic rings. The zero-order valence-electron chi connectivity index (χ0n) is 12.3. The van der Waals surface area contributed by atoms with Gasteiger partial charge in [-0.15, -0.1) is 0 Å². The van der Waals surface area contributed by atoms with E-state index >= 15 is 0 Å². The fourth-order valence-corrected chi connectivity index (χ4v) is 3.37. The van der Waals surface area contributed by atoms with Crippen LogP contribution in [0.4, 0.5) is 0 Å². The fourth-order valence-electron chi connectivity index (χ4n) is 2.46. The van der Waals surface area contributed by atoms with Crippen LogP contribution in [0.25, 0.3) is 0 Å². The number of methoxy groups -OCH3 is 1. The number of hydrogen-bond acceptors (Lipinski definition) is 5. The minimum atomic E-state index is -3.47. The lowest BCUT2D eigenvalue weighted by Gasteiger charge is -2.21. The van der Waals surface area contributed by atoms with Crippen molar-refractivity contribution in [3.8, 4) is 5.75 Å². The molecule has 1 aromatic carbocycles. The van der Waals surface area contributed by atoms with E-state index in [4.69, 9.17) is 9.15 Å². The van der Waals surface area contributed by atoms with Gasteiger partial charge < -0.3 is 9.15 Å². The van der Waals surface area contributed by atoms with Gasteiger partial charge in [-0.1, -0.05) is 12.1 Å². The van der Waals surface area contributed by atoms with Crippen LogP contribution in [0.5, 0.6) is 5.75 Å². The number of hydrazone groups is 1. The zero-order valence-corrected chi connectivity index (χ0v) is 13.1. The van der Waals surface area contributed by atoms with Gasteiger partial charge >= 0.3 is 0 Å². The average molecular weight is 320 g/mol. The van der Waals surface area contributed by atoms with Gasteiger partial charge in [-0.25, -0.2) is 8.42 Å². The molecule has 6 nitrogen and oxygen atoms in total. The maximum Gasteiger partial charge on any atom is 0.247 e. The van der Waals surface area contributed by atoms with E-state index in [1.54, 1.807) is 37.6 Å². The number of rotatable bonds is 4. The molecule has 0 aliphatic carbocycles. The third kappa shape index (κ3) is 2.71. The molecule has 7 heteroatoms. The molecule has 1 aliphatic heterocycles. The maximum absolute atomic E-state index is 12.0. The van der Waals surface area contributed by atoms with Gasteiger partial charge in [0.15, 0.2) is 0 Å². The monoisotopic (exact) mass is 320 g/mol. The molecule has 0 bridgehead atoms. The van der Waals surface area contributed by atoms with Gasteiger partial charge in [0.1, 0.15) is 17.2 Å². The molecule has 0 fully saturated rings. The van der Waals surface area contributed by atoms with E-state index in [-0.39, 0.29) is 6.04 Å². The molecule has 0 saturated heterocycles. The topological polar surface area (TPSA) is 72.1 Å². The lowest BCUT2D eigenvalue weighted by atomic mass is 10.0. The number of ether oxygens (including phenoxy) is 1. The molecule has 2 aromatic rings. The van der Waals surface area contributed by atoms with Gasteiger partial charge in [0.25, 0.3) is 0 Å². The molecule has 0 spiro atoms. The van der Waals surface area contributed by atoms with Crippen LogP contribution in [0.1, 0.15) is 23.8 Å². The van der Waals surface area contributed by atoms with Crippen molar-refractivity contribution in [1.82, 2.24) is 4.41 Å². The SMILES string of the molecule is COc1ccc([C@H]2CC(c3ccco3)=NN2S(C)(=O)=O)cc1. The van der Waals surface area contributed by atoms with Crippen molar-refractivity contribution in [3.05, 3.63) is 54.0 Å². The predicted octanol–water partition coefficient (Wildman–Crippen LogP) is 2.40. The Hall–Kier alpha value is -2.28. The molecule has 2 heterocycles. The number of hydrogen-bond donors (Lipinski definition) is 0. The molecule has 116 valence electrons. The van der Waals surface area contributed by atoms with E-state index in [9.17, 15) is 8.42 Å². The summed E-state index contributed by atoms with van der Waals surface area (Å²) in [7, 11) is -1.88. The minimum Gasteiger partial charge on any atom is -0.497 e. The molecule has 3 rings (SSSR count). The number of sulfonamides is 1. The van der Waals surface area contributed by atoms with Crippen LogP contribution in [0, 0.1) is 0 Å². The Kier molecular flexibility index (Phi) is 3.66. The molecular formula is C15H16N2O4S. The highest BCUT2D eigenvalue weighted by molar-refractivity contribution is 7.88. The summed E-state index contributed by atoms with van der Waals surface area (Å²) >= 11 is 0. The molecule has 1 atom stereocenters. The molecule has 22 heavy (non-hydrogen) atoms. The third-order valence-electron chi connectivity index (χ3n) is 3.52. The van der Waals surface area contributed by atoms with Crippen molar-refractivity contribution in [2.45, 2.75) is 12.5 Å². The van der Waals surface area contributed by atoms with Crippen LogP contribution in [0.15, 0.2) is 52.2 Å². The van der Waals surface area contributed by atoms with Gasteiger partial charge in [-0.3, -0.25) is 0 Å². The van der Waals surface area contributed by atoms with E-state index in [2.05, 4.69) is 5.10 Å². The molecular weight excluding hydrogens is 304 g/mol. The third-order valence-corrected chi connectivity index (χ3v) is 4.53. The van der Waals surface area contributed by atoms with Crippen LogP contribution in [0.3, 0.4) is 0 Å². The summed E-state index contributed by atoms with van der Waals surface area (Å²) < 4.78 is 35.6. The van der Waals surface area contributed by atoms with Gasteiger partial charge in [-0.2, -0.15) is 9.52 Å². The molecule has 0 saturated carbocycles. The normalized spacial score (nSPS) is 18.4. The van der Waals surface area contributed by atoms with Crippen molar-refractivity contribution < 1.29 is 17.6 Å². The van der Waals surface area contributed by atoms with Crippen LogP contribution < -0.4 is 4.74 Å². The Bertz CT molecular complexity index is 779. The first kappa shape index (κ1) is 14.6. The van der Waals surface area contributed by atoms with Crippen molar-refractivity contribution in [2.24, 2.45) is 5.10 Å². The predicted molar refractivity (Wildman–Crippen MR) is 82.3 cm³/mol. The average Bonchev–Trinajstić information content (AvgIpc) is 3.15. The summed E-state index contributed by atoms with van der Waals surface area (Å²) in [4.78, 5) is 0. The van der Waals surface area contributed by atoms with Crippen molar-refractivity contribution >= 4 is 15.7 Å². The van der Waals surface area contributed by atoms with Gasteiger partial charge in [-0.05, 0) is 29.8 Å². The lowest BCUT2D eigenvalue weighted by molar-refractivity contribution is 0.374. The van der Waals surface area contributed by atoms with E-state index < -0.39 is 10.0 Å². The smallest absolute Gasteiger partial charge is 0.247 e. The van der Waals surface area contributed by atoms with Crippen molar-refractivity contribution in [3.63, 3.8) is 0 Å². The Morgan fingerprint density at radius 1 is 1.27 bits per heavy atom. The highest BCUT2D eigenvalue weighted by Gasteiger charge is 2.35. The standard InChI is InChI=1S/C15H16N2O4S/c1-20-12-7-5-11(6-8-12)14-10-13(15-4-3-9-21-15)16-17(14)22(2,18)19/h3-9,14H,10H2,1-2H3/t14-/m1/s1. The summed E-state index contributed by atoms with van der Waals surface area (Å²) in [5.74, 6) is 1.31. The number of nitrogens with zero attached hydrogens (tertiary/aromatic N) is 2. The molecule has 1 aromatic heterocycles. The molecule has 0 radical (unpaired) electrons. The van der Waals surface area contributed by atoms with E-state index in [1.165, 1.54) is 0 Å². The largest absolute Gasteiger partial charge is 0.497 e. The second-order valence-electron chi connectivity index (χ2n) is 5.05. The lowest BCUT2D eigenvalue weighted by Crippen LogP contribution is -2.25. The second-order valence-corrected chi connectivity index (χ2v) is 6.89. The van der Waals surface area contributed by atoms with E-state index in [1.807, 2.05) is 12.1 Å². The highest BCUT2D eigenvalue weighted by Crippen LogP contribution is 2.35. The summed E-state index contributed by atoms with van der Waals surface area (Å²) in [5, 5.41) is 4.24. The first-order chi connectivity index (χ1) is 10.5. The summed E-state index contributed by atoms with van der Waals surface area (Å²) in [5.41, 5.74) is 1.48. The van der Waals surface area contributed by atoms with E-state index in [0.29, 0.717) is 17.9 Å². The zero-order chi connectivity index (χ0) is 15.7. The van der Waals surface area contributed by atoms with Crippen LogP contribution in [-0.2, 0) is 10.0 Å². The summed E-state index contributed by atoms with van der Waals surface area (Å²) in [6, 6.07) is 10.5. The maximum atomic E-state index is 12.0. The first-order valence-corrected chi connectivity index (χ1v) is 8.58. The van der Waals surface area contributed by atoms with Crippen molar-refractivity contribution in [2.75, 3.05) is 13.4 Å². The molecule has 0 amide bonds. The Balaban J connectivity index is 1.96. The molecule has 0 N–H and O–H groups in total. The molecule has 0 unspecified atom stereocenters. The fraction of sp³-hybridized carbons (Fsp3) is 0.267. The Morgan fingerprint density at radius 3 is 2.55 bits per heavy atom. The minimum absolute atomic E-state index is 0.374. The van der Waals surface area contributed by atoms with Crippen LogP contribution in [-0.4, -0.2) is 31.9 Å². The number of furan rings is 1. The second kappa shape index (κ2) is 5.49. The Morgan fingerprint density at radius 2 is 2.00 bits per heavy atom.